The summed E-state index contributed by atoms with van der Waals surface area (Å²) < 4.78 is 10.5. The molecule has 0 saturated carbocycles. The highest BCUT2D eigenvalue weighted by atomic mass is 16.5. The number of hydrogen-bond acceptors (Lipinski definition) is 4. The van der Waals surface area contributed by atoms with Gasteiger partial charge in [0.1, 0.15) is 0 Å². The van der Waals surface area contributed by atoms with Crippen molar-refractivity contribution in [3.63, 3.8) is 0 Å². The van der Waals surface area contributed by atoms with Gasteiger partial charge in [0.25, 0.3) is 0 Å². The fourth-order valence-corrected chi connectivity index (χ4v) is 3.70. The van der Waals surface area contributed by atoms with Gasteiger partial charge >= 0.3 is 11.9 Å². The third-order valence-electron chi connectivity index (χ3n) is 5.78. The van der Waals surface area contributed by atoms with Crippen LogP contribution in [0.5, 0.6) is 0 Å². The monoisotopic (exact) mass is 440 g/mol. The molecular weight excluding hydrogens is 388 g/mol. The molecule has 0 radical (unpaired) electrons. The zero-order chi connectivity index (χ0) is 22.8. The maximum absolute atomic E-state index is 11.6. The first kappa shape index (κ1) is 29.9. The molecule has 31 heavy (non-hydrogen) atoms. The van der Waals surface area contributed by atoms with Crippen molar-refractivity contribution in [3.8, 4) is 0 Å². The van der Waals surface area contributed by atoms with Gasteiger partial charge in [-0.25, -0.2) is 0 Å². The lowest BCUT2D eigenvalue weighted by Crippen LogP contribution is -2.05. The molecule has 0 fully saturated rings. The summed E-state index contributed by atoms with van der Waals surface area (Å²) in [4.78, 5) is 23.3. The van der Waals surface area contributed by atoms with E-state index in [1.807, 2.05) is 0 Å². The Labute approximate surface area is 193 Å². The lowest BCUT2D eigenvalue weighted by Gasteiger charge is -2.05. The molecule has 0 aromatic carbocycles. The zero-order valence-electron chi connectivity index (χ0n) is 20.9. The number of rotatable bonds is 24. The molecule has 4 nitrogen and oxygen atoms in total. The molecule has 0 aliphatic carbocycles. The van der Waals surface area contributed by atoms with Crippen molar-refractivity contribution in [3.05, 3.63) is 0 Å². The molecule has 0 aromatic heterocycles. The van der Waals surface area contributed by atoms with Crippen molar-refractivity contribution in [2.75, 3.05) is 13.2 Å². The van der Waals surface area contributed by atoms with E-state index in [9.17, 15) is 9.59 Å². The summed E-state index contributed by atoms with van der Waals surface area (Å²) in [7, 11) is 0. The number of carbonyl (C=O) groups is 2. The summed E-state index contributed by atoms with van der Waals surface area (Å²) in [6, 6.07) is 0. The number of carbonyl (C=O) groups excluding carboxylic acids is 2. The molecule has 0 bridgehead atoms. The highest BCUT2D eigenvalue weighted by Crippen LogP contribution is 2.13. The zero-order valence-corrected chi connectivity index (χ0v) is 20.9. The van der Waals surface area contributed by atoms with Crippen LogP contribution < -0.4 is 0 Å². The molecular formula is C27H52O4. The quantitative estimate of drug-likeness (QED) is 0.112. The van der Waals surface area contributed by atoms with Crippen LogP contribution in [0.1, 0.15) is 149 Å². The van der Waals surface area contributed by atoms with E-state index in [4.69, 9.17) is 9.47 Å². The summed E-state index contributed by atoms with van der Waals surface area (Å²) in [6.07, 6.45) is 23.5. The Morgan fingerprint density at radius 1 is 0.419 bits per heavy atom. The van der Waals surface area contributed by atoms with E-state index in [-0.39, 0.29) is 11.9 Å². The van der Waals surface area contributed by atoms with Crippen molar-refractivity contribution in [1.29, 1.82) is 0 Å². The van der Waals surface area contributed by atoms with Gasteiger partial charge in [-0.2, -0.15) is 0 Å². The summed E-state index contributed by atoms with van der Waals surface area (Å²) in [5, 5.41) is 0. The molecule has 0 N–H and O–H groups in total. The third-order valence-corrected chi connectivity index (χ3v) is 5.78. The fraction of sp³-hybridized carbons (Fsp3) is 0.926. The molecule has 0 spiro atoms. The van der Waals surface area contributed by atoms with Gasteiger partial charge in [0, 0.05) is 12.8 Å². The molecule has 0 unspecified atom stereocenters. The maximum atomic E-state index is 11.6. The molecule has 0 aromatic rings. The Kier molecular flexibility index (Phi) is 24.3. The largest absolute Gasteiger partial charge is 0.466 e. The van der Waals surface area contributed by atoms with Gasteiger partial charge < -0.3 is 9.47 Å². The van der Waals surface area contributed by atoms with Crippen molar-refractivity contribution in [2.24, 2.45) is 0 Å². The second kappa shape index (κ2) is 25.2. The molecule has 0 aliphatic rings. The van der Waals surface area contributed by atoms with E-state index in [0.29, 0.717) is 26.1 Å². The van der Waals surface area contributed by atoms with E-state index in [2.05, 4.69) is 13.8 Å². The Morgan fingerprint density at radius 2 is 0.710 bits per heavy atom. The van der Waals surface area contributed by atoms with Crippen LogP contribution in [0.3, 0.4) is 0 Å². The van der Waals surface area contributed by atoms with Gasteiger partial charge in [0.05, 0.1) is 13.2 Å². The molecule has 0 rings (SSSR count). The van der Waals surface area contributed by atoms with Gasteiger partial charge in [-0.15, -0.1) is 0 Å². The minimum atomic E-state index is -0.0169. The van der Waals surface area contributed by atoms with E-state index < -0.39 is 0 Å². The first-order valence-electron chi connectivity index (χ1n) is 13.5. The minimum absolute atomic E-state index is 0.0169. The summed E-state index contributed by atoms with van der Waals surface area (Å²) in [6.45, 7) is 5.57. The summed E-state index contributed by atoms with van der Waals surface area (Å²) in [5.41, 5.74) is 0. The van der Waals surface area contributed by atoms with Crippen LogP contribution in [-0.2, 0) is 19.1 Å². The van der Waals surface area contributed by atoms with Gasteiger partial charge in [0.2, 0.25) is 0 Å². The Balaban J connectivity index is 3.19. The van der Waals surface area contributed by atoms with Crippen LogP contribution in [0, 0.1) is 0 Å². The van der Waals surface area contributed by atoms with Crippen molar-refractivity contribution in [1.82, 2.24) is 0 Å². The van der Waals surface area contributed by atoms with E-state index in [0.717, 1.165) is 51.4 Å². The first-order valence-corrected chi connectivity index (χ1v) is 13.5. The third kappa shape index (κ3) is 25.1. The van der Waals surface area contributed by atoms with Gasteiger partial charge in [-0.05, 0) is 25.7 Å². The van der Waals surface area contributed by atoms with Crippen molar-refractivity contribution >= 4 is 11.9 Å². The van der Waals surface area contributed by atoms with Gasteiger partial charge in [-0.3, -0.25) is 9.59 Å². The second-order valence-electron chi connectivity index (χ2n) is 8.95. The number of hydrogen-bond donors (Lipinski definition) is 0. The normalized spacial score (nSPS) is 10.9. The number of unbranched alkanes of at least 4 members (excludes halogenated alkanes) is 16. The molecule has 4 heteroatoms. The van der Waals surface area contributed by atoms with E-state index in [1.54, 1.807) is 0 Å². The molecule has 0 saturated heterocycles. The fourth-order valence-electron chi connectivity index (χ4n) is 3.70. The number of ether oxygens (including phenoxy) is 2. The van der Waals surface area contributed by atoms with Crippen LogP contribution in [0.25, 0.3) is 0 Å². The molecule has 184 valence electrons. The van der Waals surface area contributed by atoms with Gasteiger partial charge in [-0.1, -0.05) is 110 Å². The van der Waals surface area contributed by atoms with Crippen LogP contribution in [0.4, 0.5) is 0 Å². The molecule has 0 amide bonds. The Bertz CT molecular complexity index is 359. The van der Waals surface area contributed by atoms with Crippen LogP contribution >= 0.6 is 0 Å². The maximum Gasteiger partial charge on any atom is 0.305 e. The molecule has 0 aliphatic heterocycles. The minimum Gasteiger partial charge on any atom is -0.466 e. The average Bonchev–Trinajstić information content (AvgIpc) is 2.76. The van der Waals surface area contributed by atoms with Crippen LogP contribution in [0.15, 0.2) is 0 Å². The second-order valence-corrected chi connectivity index (χ2v) is 8.95. The van der Waals surface area contributed by atoms with Gasteiger partial charge in [0.15, 0.2) is 0 Å². The predicted molar refractivity (Wildman–Crippen MR) is 130 cm³/mol. The molecule has 0 atom stereocenters. The topological polar surface area (TPSA) is 52.6 Å². The highest BCUT2D eigenvalue weighted by molar-refractivity contribution is 5.69. The standard InChI is InChI=1S/C27H52O4/c1-3-5-7-20-24-30-26(28)22-18-16-14-12-10-9-11-13-15-17-19-23-27(29)31-25-21-8-6-4-2/h3-25H2,1-2H3. The summed E-state index contributed by atoms with van der Waals surface area (Å²) >= 11 is 0. The summed E-state index contributed by atoms with van der Waals surface area (Å²) in [5.74, 6) is -0.0338. The predicted octanol–water partition coefficient (Wildman–Crippen LogP) is 8.30. The van der Waals surface area contributed by atoms with E-state index >= 15 is 0 Å². The highest BCUT2D eigenvalue weighted by Gasteiger charge is 2.03. The number of esters is 2. The van der Waals surface area contributed by atoms with E-state index in [1.165, 1.54) is 70.6 Å². The van der Waals surface area contributed by atoms with Crippen molar-refractivity contribution in [2.45, 2.75) is 149 Å². The first-order chi connectivity index (χ1) is 15.2. The lowest BCUT2D eigenvalue weighted by atomic mass is 10.0. The Morgan fingerprint density at radius 3 is 1.03 bits per heavy atom. The molecule has 0 heterocycles. The van der Waals surface area contributed by atoms with Crippen molar-refractivity contribution < 1.29 is 19.1 Å². The smallest absolute Gasteiger partial charge is 0.305 e. The average molecular weight is 441 g/mol. The van der Waals surface area contributed by atoms with Crippen LogP contribution in [0.2, 0.25) is 0 Å². The van der Waals surface area contributed by atoms with Crippen LogP contribution in [-0.4, -0.2) is 25.2 Å². The SMILES string of the molecule is CCCCCCOC(=O)CCCCCCCCCCCCCC(=O)OCCCCCC. The lowest BCUT2D eigenvalue weighted by molar-refractivity contribution is -0.144. The Hall–Kier alpha value is -1.06.